The Balaban J connectivity index is 0. The predicted octanol–water partition coefficient (Wildman–Crippen LogP) is -2.71. The van der Waals surface area contributed by atoms with Gasteiger partial charge in [-0.2, -0.15) is 0 Å². The first-order valence-corrected chi connectivity index (χ1v) is 1.64. The van der Waals surface area contributed by atoms with E-state index in [1.165, 1.54) is 0 Å². The van der Waals surface area contributed by atoms with Crippen molar-refractivity contribution in [3.63, 3.8) is 0 Å². The van der Waals surface area contributed by atoms with Crippen LogP contribution in [-0.2, 0) is 0 Å². The fourth-order valence-electron chi connectivity index (χ4n) is 0. The summed E-state index contributed by atoms with van der Waals surface area (Å²) in [5.74, 6) is 0. The fraction of sp³-hybridized carbons (Fsp3) is 0. The largest absolute Gasteiger partial charge is 3.00 e. The Kier molecular flexibility index (Phi) is 11.1. The van der Waals surface area contributed by atoms with Crippen LogP contribution in [0.3, 0.4) is 0 Å². The van der Waals surface area contributed by atoms with Crippen molar-refractivity contribution in [2.75, 3.05) is 0 Å². The van der Waals surface area contributed by atoms with Crippen LogP contribution in [0.4, 0.5) is 0 Å². The van der Waals surface area contributed by atoms with Crippen molar-refractivity contribution in [1.82, 2.24) is 0 Å². The Labute approximate surface area is 63.1 Å². The van der Waals surface area contributed by atoms with E-state index in [9.17, 15) is 0 Å². The van der Waals surface area contributed by atoms with Gasteiger partial charge in [-0.15, -0.1) is 0 Å². The van der Waals surface area contributed by atoms with Gasteiger partial charge in [-0.1, -0.05) is 0 Å². The number of hydrogen-bond donors (Lipinski definition) is 0. The summed E-state index contributed by atoms with van der Waals surface area (Å²) in [5.41, 5.74) is 0. The molecule has 1 radical (unpaired) electrons. The summed E-state index contributed by atoms with van der Waals surface area (Å²) in [4.78, 5) is 25.4. The maximum absolute atomic E-state index is 8.48. The SMILES string of the molecule is [O-]P([O-])[O-].[Sm+3]. The molecule has 5 heavy (non-hydrogen) atoms. The van der Waals surface area contributed by atoms with Gasteiger partial charge in [-0.25, -0.2) is 0 Å². The molecule has 0 saturated carbocycles. The molecule has 0 N–H and O–H groups in total. The molecule has 29 valence electrons. The summed E-state index contributed by atoms with van der Waals surface area (Å²) in [7, 11) is -3.37. The first-order chi connectivity index (χ1) is 1.73. The van der Waals surface area contributed by atoms with Crippen LogP contribution in [0.5, 0.6) is 0 Å². The maximum Gasteiger partial charge on any atom is 3.00 e. The third kappa shape index (κ3) is 27.7. The Bertz CT molecular complexity index is 11.6. The summed E-state index contributed by atoms with van der Waals surface area (Å²) in [5, 5.41) is 0. The van der Waals surface area contributed by atoms with E-state index >= 15 is 0 Å². The predicted molar refractivity (Wildman–Crippen MR) is 6.92 cm³/mol. The van der Waals surface area contributed by atoms with Gasteiger partial charge in [0.25, 0.3) is 0 Å². The molecule has 0 unspecified atom stereocenters. The molecule has 0 saturated heterocycles. The third-order valence-electron chi connectivity index (χ3n) is 0. The van der Waals surface area contributed by atoms with E-state index in [-0.39, 0.29) is 40.4 Å². The first kappa shape index (κ1) is 9.82. The molecule has 0 aromatic carbocycles. The van der Waals surface area contributed by atoms with E-state index in [1.54, 1.807) is 0 Å². The minimum absolute atomic E-state index is 0. The van der Waals surface area contributed by atoms with Gasteiger partial charge in [0.1, 0.15) is 0 Å². The van der Waals surface area contributed by atoms with Crippen LogP contribution in [0.1, 0.15) is 0 Å². The number of hydrogen-bond acceptors (Lipinski definition) is 3. The molecule has 0 fully saturated rings. The number of rotatable bonds is 0. The van der Waals surface area contributed by atoms with E-state index in [0.717, 1.165) is 0 Å². The van der Waals surface area contributed by atoms with Crippen molar-refractivity contribution in [3.05, 3.63) is 0 Å². The first-order valence-electron chi connectivity index (χ1n) is 0.548. The average Bonchev–Trinajstić information content (AvgIpc) is 0.811. The van der Waals surface area contributed by atoms with E-state index in [1.807, 2.05) is 0 Å². The zero-order chi connectivity index (χ0) is 3.58. The van der Waals surface area contributed by atoms with E-state index < -0.39 is 8.60 Å². The molecule has 0 atom stereocenters. The average molecular weight is 229 g/mol. The fourth-order valence-corrected chi connectivity index (χ4v) is 0. The molecule has 0 aliphatic carbocycles. The summed E-state index contributed by atoms with van der Waals surface area (Å²) in [6.45, 7) is 0. The van der Waals surface area contributed by atoms with Crippen LogP contribution in [0, 0.1) is 40.4 Å². The van der Waals surface area contributed by atoms with Gasteiger partial charge in [0.05, 0.1) is 0 Å². The maximum atomic E-state index is 8.48. The van der Waals surface area contributed by atoms with Crippen molar-refractivity contribution in [3.8, 4) is 0 Å². The van der Waals surface area contributed by atoms with Gasteiger partial charge >= 0.3 is 40.4 Å². The van der Waals surface area contributed by atoms with Crippen LogP contribution in [-0.4, -0.2) is 0 Å². The van der Waals surface area contributed by atoms with Crippen molar-refractivity contribution in [1.29, 1.82) is 0 Å². The molecule has 3 nitrogen and oxygen atoms in total. The minimum atomic E-state index is -3.37. The van der Waals surface area contributed by atoms with Crippen molar-refractivity contribution >= 4 is 8.60 Å². The van der Waals surface area contributed by atoms with Gasteiger partial charge in [-0.05, 0) is 0 Å². The van der Waals surface area contributed by atoms with Gasteiger partial charge in [-0.3, -0.25) is 0 Å². The molecule has 0 aliphatic heterocycles. The summed E-state index contributed by atoms with van der Waals surface area (Å²) in [6.07, 6.45) is 0. The van der Waals surface area contributed by atoms with Crippen molar-refractivity contribution < 1.29 is 55.1 Å². The second-order valence-electron chi connectivity index (χ2n) is 0.224. The van der Waals surface area contributed by atoms with Gasteiger partial charge < -0.3 is 23.3 Å². The second kappa shape index (κ2) is 5.65. The topological polar surface area (TPSA) is 69.2 Å². The van der Waals surface area contributed by atoms with E-state index in [4.69, 9.17) is 14.7 Å². The molecule has 0 amide bonds. The van der Waals surface area contributed by atoms with E-state index in [2.05, 4.69) is 0 Å². The van der Waals surface area contributed by atoms with Crippen LogP contribution in [0.15, 0.2) is 0 Å². The Morgan fingerprint density at radius 3 is 1.00 bits per heavy atom. The van der Waals surface area contributed by atoms with Crippen LogP contribution in [0.2, 0.25) is 0 Å². The molecular weight excluding hydrogens is 229 g/mol. The molecule has 5 heteroatoms. The van der Waals surface area contributed by atoms with Crippen LogP contribution >= 0.6 is 8.60 Å². The Morgan fingerprint density at radius 1 is 1.00 bits per heavy atom. The molecule has 0 aromatic rings. The molecule has 0 aliphatic rings. The molecule has 0 bridgehead atoms. The smallest absolute Gasteiger partial charge is 0.854 e. The minimum Gasteiger partial charge on any atom is -0.854 e. The van der Waals surface area contributed by atoms with Crippen LogP contribution in [0.25, 0.3) is 0 Å². The molecule has 0 spiro atoms. The zero-order valence-corrected chi connectivity index (χ0v) is 5.59. The van der Waals surface area contributed by atoms with Gasteiger partial charge in [0.15, 0.2) is 0 Å². The second-order valence-corrected chi connectivity index (χ2v) is 0.671. The van der Waals surface area contributed by atoms with Crippen molar-refractivity contribution in [2.45, 2.75) is 0 Å². The molecular formula is O3PSm. The van der Waals surface area contributed by atoms with Gasteiger partial charge in [0, 0.05) is 0 Å². The summed E-state index contributed by atoms with van der Waals surface area (Å²) < 4.78 is 0. The summed E-state index contributed by atoms with van der Waals surface area (Å²) >= 11 is 0. The van der Waals surface area contributed by atoms with Gasteiger partial charge in [0.2, 0.25) is 0 Å². The molecule has 0 rings (SSSR count). The van der Waals surface area contributed by atoms with Crippen molar-refractivity contribution in [2.24, 2.45) is 0 Å². The monoisotopic (exact) mass is 231 g/mol. The van der Waals surface area contributed by atoms with E-state index in [0.29, 0.717) is 0 Å². The Morgan fingerprint density at radius 2 is 1.00 bits per heavy atom. The zero-order valence-electron chi connectivity index (χ0n) is 2.08. The molecule has 0 heterocycles. The van der Waals surface area contributed by atoms with Crippen LogP contribution < -0.4 is 14.7 Å². The Hall–Kier alpha value is 1.65. The normalized spacial score (nSPS) is 7.20. The quantitative estimate of drug-likeness (QED) is 0.424. The third-order valence-corrected chi connectivity index (χ3v) is 0. The standard InChI is InChI=1S/O3P.Sm/c1-4(2)3;/q-3;+3. The molecule has 0 aromatic heterocycles. The summed E-state index contributed by atoms with van der Waals surface area (Å²) in [6, 6.07) is 0.